The van der Waals surface area contributed by atoms with Crippen LogP contribution in [0.4, 0.5) is 5.95 Å². The van der Waals surface area contributed by atoms with E-state index in [0.717, 1.165) is 21.0 Å². The highest BCUT2D eigenvalue weighted by Gasteiger charge is 2.02. The number of nitrogens with zero attached hydrogens (tertiary/aromatic N) is 2. The van der Waals surface area contributed by atoms with Crippen LogP contribution in [0, 0.1) is 3.57 Å². The number of hydrogen-bond donors (Lipinski definition) is 1. The first-order valence-corrected chi connectivity index (χ1v) is 6.77. The van der Waals surface area contributed by atoms with Crippen LogP contribution in [-0.4, -0.2) is 27.5 Å². The third-order valence-corrected chi connectivity index (χ3v) is 3.27. The molecule has 1 heterocycles. The largest absolute Gasteiger partial charge is 0.351 e. The predicted octanol–water partition coefficient (Wildman–Crippen LogP) is 2.63. The molecule has 0 saturated carbocycles. The van der Waals surface area contributed by atoms with E-state index in [9.17, 15) is 0 Å². The van der Waals surface area contributed by atoms with Crippen molar-refractivity contribution in [3.63, 3.8) is 0 Å². The Labute approximate surface area is 103 Å². The van der Waals surface area contributed by atoms with Gasteiger partial charge in [-0.3, -0.25) is 0 Å². The molecule has 14 heavy (non-hydrogen) atoms. The summed E-state index contributed by atoms with van der Waals surface area (Å²) in [6, 6.07) is 0.417. The highest BCUT2D eigenvalue weighted by atomic mass is 127. The summed E-state index contributed by atoms with van der Waals surface area (Å²) >= 11 is 4.11. The third kappa shape index (κ3) is 4.45. The Morgan fingerprint density at radius 1 is 1.50 bits per heavy atom. The fourth-order valence-corrected chi connectivity index (χ4v) is 1.89. The molecule has 0 aromatic carbocycles. The Morgan fingerprint density at radius 3 is 2.71 bits per heavy atom. The Bertz CT molecular complexity index is 265. The van der Waals surface area contributed by atoms with Crippen molar-refractivity contribution in [3.8, 4) is 0 Å². The normalized spacial score (nSPS) is 12.5. The molecule has 0 spiro atoms. The summed E-state index contributed by atoms with van der Waals surface area (Å²) in [6.45, 7) is 4.31. The smallest absolute Gasteiger partial charge is 0.222 e. The molecule has 5 heteroatoms. The summed E-state index contributed by atoms with van der Waals surface area (Å²) in [4.78, 5) is 8.37. The van der Waals surface area contributed by atoms with Crippen molar-refractivity contribution >= 4 is 40.3 Å². The van der Waals surface area contributed by atoms with Crippen molar-refractivity contribution in [2.45, 2.75) is 19.9 Å². The van der Waals surface area contributed by atoms with Crippen molar-refractivity contribution in [3.05, 3.63) is 16.0 Å². The SMILES string of the molecule is CCSCC(C)Nc1ncc(I)cn1. The Balaban J connectivity index is 2.39. The van der Waals surface area contributed by atoms with Crippen LogP contribution < -0.4 is 5.32 Å². The molecule has 1 aromatic heterocycles. The number of anilines is 1. The van der Waals surface area contributed by atoms with Crippen LogP contribution in [0.25, 0.3) is 0 Å². The molecule has 0 aliphatic rings. The zero-order valence-electron chi connectivity index (χ0n) is 8.33. The minimum Gasteiger partial charge on any atom is -0.351 e. The summed E-state index contributed by atoms with van der Waals surface area (Å²) in [5.74, 6) is 2.96. The van der Waals surface area contributed by atoms with Crippen LogP contribution >= 0.6 is 34.4 Å². The maximum absolute atomic E-state index is 4.19. The topological polar surface area (TPSA) is 37.8 Å². The lowest BCUT2D eigenvalue weighted by Gasteiger charge is -2.12. The molecule has 0 saturated heterocycles. The van der Waals surface area contributed by atoms with Gasteiger partial charge < -0.3 is 5.32 Å². The van der Waals surface area contributed by atoms with Crippen LogP contribution in [-0.2, 0) is 0 Å². The Kier molecular flexibility index (Phi) is 5.54. The van der Waals surface area contributed by atoms with Gasteiger partial charge in [-0.15, -0.1) is 0 Å². The first-order chi connectivity index (χ1) is 6.72. The van der Waals surface area contributed by atoms with Gasteiger partial charge in [-0.05, 0) is 35.3 Å². The molecule has 0 amide bonds. The molecule has 0 fully saturated rings. The lowest BCUT2D eigenvalue weighted by Crippen LogP contribution is -2.19. The molecular formula is C9H14IN3S. The van der Waals surface area contributed by atoms with Crippen LogP contribution in [0.2, 0.25) is 0 Å². The van der Waals surface area contributed by atoms with Gasteiger partial charge in [-0.2, -0.15) is 11.8 Å². The van der Waals surface area contributed by atoms with Gasteiger partial charge in [0.2, 0.25) is 5.95 Å². The number of rotatable bonds is 5. The van der Waals surface area contributed by atoms with E-state index in [-0.39, 0.29) is 0 Å². The number of thioether (sulfide) groups is 1. The van der Waals surface area contributed by atoms with E-state index < -0.39 is 0 Å². The maximum atomic E-state index is 4.19. The van der Waals surface area contributed by atoms with E-state index in [2.05, 4.69) is 51.7 Å². The average Bonchev–Trinajstić information content (AvgIpc) is 2.18. The van der Waals surface area contributed by atoms with Gasteiger partial charge >= 0.3 is 0 Å². The van der Waals surface area contributed by atoms with Crippen molar-refractivity contribution < 1.29 is 0 Å². The number of halogens is 1. The van der Waals surface area contributed by atoms with Crippen LogP contribution in [0.5, 0.6) is 0 Å². The summed E-state index contributed by atoms with van der Waals surface area (Å²) in [5, 5.41) is 3.26. The second kappa shape index (κ2) is 6.44. The van der Waals surface area contributed by atoms with Gasteiger partial charge in [0, 0.05) is 27.8 Å². The summed E-state index contributed by atoms with van der Waals surface area (Å²) in [7, 11) is 0. The van der Waals surface area contributed by atoms with E-state index >= 15 is 0 Å². The van der Waals surface area contributed by atoms with E-state index in [1.807, 2.05) is 24.2 Å². The molecule has 3 nitrogen and oxygen atoms in total. The fraction of sp³-hybridized carbons (Fsp3) is 0.556. The van der Waals surface area contributed by atoms with Gasteiger partial charge in [0.25, 0.3) is 0 Å². The molecule has 78 valence electrons. The molecule has 1 N–H and O–H groups in total. The molecule has 0 bridgehead atoms. The standard InChI is InChI=1S/C9H14IN3S/c1-3-14-6-7(2)13-9-11-4-8(10)5-12-9/h4-5,7H,3,6H2,1-2H3,(H,11,12,13). The van der Waals surface area contributed by atoms with Crippen LogP contribution in [0.3, 0.4) is 0 Å². The molecular weight excluding hydrogens is 309 g/mol. The second-order valence-electron chi connectivity index (χ2n) is 2.93. The third-order valence-electron chi connectivity index (χ3n) is 1.57. The van der Waals surface area contributed by atoms with Crippen molar-refractivity contribution in [1.29, 1.82) is 0 Å². The van der Waals surface area contributed by atoms with Crippen LogP contribution in [0.15, 0.2) is 12.4 Å². The van der Waals surface area contributed by atoms with Gasteiger partial charge in [-0.1, -0.05) is 6.92 Å². The summed E-state index contributed by atoms with van der Waals surface area (Å²) in [5.41, 5.74) is 0. The van der Waals surface area contributed by atoms with E-state index in [1.165, 1.54) is 0 Å². The zero-order chi connectivity index (χ0) is 10.4. The zero-order valence-corrected chi connectivity index (χ0v) is 11.3. The van der Waals surface area contributed by atoms with Crippen molar-refractivity contribution in [1.82, 2.24) is 9.97 Å². The molecule has 0 aliphatic carbocycles. The molecule has 0 radical (unpaired) electrons. The quantitative estimate of drug-likeness (QED) is 0.846. The fourth-order valence-electron chi connectivity index (χ4n) is 0.943. The highest BCUT2D eigenvalue weighted by Crippen LogP contribution is 2.07. The summed E-state index contributed by atoms with van der Waals surface area (Å²) < 4.78 is 1.06. The van der Waals surface area contributed by atoms with Gasteiger partial charge in [0.1, 0.15) is 0 Å². The molecule has 1 unspecified atom stereocenters. The maximum Gasteiger partial charge on any atom is 0.222 e. The second-order valence-corrected chi connectivity index (χ2v) is 5.49. The number of aromatic nitrogens is 2. The molecule has 0 aliphatic heterocycles. The Hall–Kier alpha value is -0.0400. The van der Waals surface area contributed by atoms with Gasteiger partial charge in [0.05, 0.1) is 0 Å². The monoisotopic (exact) mass is 323 g/mol. The average molecular weight is 323 g/mol. The van der Waals surface area contributed by atoms with E-state index in [0.29, 0.717) is 6.04 Å². The van der Waals surface area contributed by atoms with Crippen LogP contribution in [0.1, 0.15) is 13.8 Å². The summed E-state index contributed by atoms with van der Waals surface area (Å²) in [6.07, 6.45) is 3.63. The first kappa shape index (κ1) is 12.0. The highest BCUT2D eigenvalue weighted by molar-refractivity contribution is 14.1. The predicted molar refractivity (Wildman–Crippen MR) is 70.8 cm³/mol. The minimum absolute atomic E-state index is 0.417. The molecule has 1 rings (SSSR count). The van der Waals surface area contributed by atoms with Crippen molar-refractivity contribution in [2.24, 2.45) is 0 Å². The van der Waals surface area contributed by atoms with Gasteiger partial charge in [-0.25, -0.2) is 9.97 Å². The minimum atomic E-state index is 0.417. The van der Waals surface area contributed by atoms with E-state index in [1.54, 1.807) is 0 Å². The van der Waals surface area contributed by atoms with Gasteiger partial charge in [0.15, 0.2) is 0 Å². The molecule has 1 atom stereocenters. The first-order valence-electron chi connectivity index (χ1n) is 4.54. The number of hydrogen-bond acceptors (Lipinski definition) is 4. The van der Waals surface area contributed by atoms with E-state index in [4.69, 9.17) is 0 Å². The Morgan fingerprint density at radius 2 is 2.14 bits per heavy atom. The lowest BCUT2D eigenvalue weighted by atomic mass is 10.4. The lowest BCUT2D eigenvalue weighted by molar-refractivity contribution is 0.885. The number of nitrogens with one attached hydrogen (secondary N) is 1. The molecule has 1 aromatic rings. The van der Waals surface area contributed by atoms with Crippen molar-refractivity contribution in [2.75, 3.05) is 16.8 Å².